The number of halogens is 1. The number of imidazole rings is 1. The van der Waals surface area contributed by atoms with Crippen molar-refractivity contribution in [1.29, 1.82) is 0 Å². The van der Waals surface area contributed by atoms with Crippen molar-refractivity contribution >= 4 is 33.6 Å². The second kappa shape index (κ2) is 2.85. The van der Waals surface area contributed by atoms with E-state index in [1.165, 1.54) is 0 Å². The number of aldehydes is 1. The fourth-order valence-corrected chi connectivity index (χ4v) is 1.72. The van der Waals surface area contributed by atoms with Crippen LogP contribution in [0.4, 0.5) is 5.82 Å². The minimum Gasteiger partial charge on any atom is -0.384 e. The highest BCUT2D eigenvalue weighted by atomic mass is 79.9. The van der Waals surface area contributed by atoms with E-state index in [-0.39, 0.29) is 0 Å². The number of hydrogen-bond acceptors (Lipinski definition) is 3. The number of nitrogen functional groups attached to an aromatic ring is 1. The van der Waals surface area contributed by atoms with E-state index in [0.717, 1.165) is 16.3 Å². The van der Waals surface area contributed by atoms with E-state index in [0.29, 0.717) is 11.4 Å². The van der Waals surface area contributed by atoms with Crippen LogP contribution < -0.4 is 5.73 Å². The Morgan fingerprint density at radius 3 is 3.08 bits per heavy atom. The van der Waals surface area contributed by atoms with Crippen molar-refractivity contribution in [2.75, 3.05) is 5.73 Å². The zero-order chi connectivity index (χ0) is 9.42. The molecule has 2 heterocycles. The summed E-state index contributed by atoms with van der Waals surface area (Å²) in [6.07, 6.45) is 3.97. The molecule has 2 aromatic heterocycles. The summed E-state index contributed by atoms with van der Waals surface area (Å²) >= 11 is 3.33. The predicted molar refractivity (Wildman–Crippen MR) is 52.7 cm³/mol. The van der Waals surface area contributed by atoms with Gasteiger partial charge >= 0.3 is 0 Å². The monoisotopic (exact) mass is 239 g/mol. The molecule has 5 heteroatoms. The van der Waals surface area contributed by atoms with Crippen molar-refractivity contribution in [1.82, 2.24) is 9.38 Å². The molecular formula is C8H6BrN3O. The van der Waals surface area contributed by atoms with Crippen LogP contribution in [-0.4, -0.2) is 15.7 Å². The average Bonchev–Trinajstić information content (AvgIpc) is 2.60. The second-order valence-corrected chi connectivity index (χ2v) is 3.45. The third-order valence-corrected chi connectivity index (χ3v) is 2.48. The number of anilines is 1. The molecule has 0 spiro atoms. The van der Waals surface area contributed by atoms with Crippen molar-refractivity contribution < 1.29 is 4.79 Å². The highest BCUT2D eigenvalue weighted by Gasteiger charge is 2.07. The molecule has 0 aromatic carbocycles. The van der Waals surface area contributed by atoms with Crippen molar-refractivity contribution in [3.8, 4) is 0 Å². The number of rotatable bonds is 1. The Morgan fingerprint density at radius 1 is 1.62 bits per heavy atom. The lowest BCUT2D eigenvalue weighted by atomic mass is 10.2. The molecule has 4 nitrogen and oxygen atoms in total. The third kappa shape index (κ3) is 1.12. The molecule has 0 fully saturated rings. The van der Waals surface area contributed by atoms with E-state index in [9.17, 15) is 4.79 Å². The SMILES string of the molecule is Nc1c(C=O)cc(Br)c2cncn12. The normalized spacial score (nSPS) is 10.5. The van der Waals surface area contributed by atoms with Crippen molar-refractivity contribution in [3.05, 3.63) is 28.6 Å². The van der Waals surface area contributed by atoms with E-state index in [1.54, 1.807) is 23.0 Å². The molecule has 0 aliphatic carbocycles. The standard InChI is InChI=1S/C8H6BrN3O/c9-6-1-5(3-13)8(10)12-4-11-2-7(6)12/h1-4H,10H2. The first kappa shape index (κ1) is 8.25. The summed E-state index contributed by atoms with van der Waals surface area (Å²) in [4.78, 5) is 14.5. The zero-order valence-electron chi connectivity index (χ0n) is 6.57. The molecule has 2 aromatic rings. The summed E-state index contributed by atoms with van der Waals surface area (Å²) in [5.74, 6) is 0.408. The highest BCUT2D eigenvalue weighted by molar-refractivity contribution is 9.10. The summed E-state index contributed by atoms with van der Waals surface area (Å²) in [6, 6.07) is 1.68. The summed E-state index contributed by atoms with van der Waals surface area (Å²) in [5, 5.41) is 0. The van der Waals surface area contributed by atoms with Crippen LogP contribution in [0.5, 0.6) is 0 Å². The van der Waals surface area contributed by atoms with Gasteiger partial charge in [-0.1, -0.05) is 0 Å². The smallest absolute Gasteiger partial charge is 0.153 e. The van der Waals surface area contributed by atoms with Gasteiger partial charge in [0.05, 0.1) is 17.3 Å². The molecule has 0 radical (unpaired) electrons. The zero-order valence-corrected chi connectivity index (χ0v) is 8.15. The van der Waals surface area contributed by atoms with Crippen LogP contribution in [0.25, 0.3) is 5.52 Å². The molecule has 2 rings (SSSR count). The summed E-state index contributed by atoms with van der Waals surface area (Å²) in [7, 11) is 0. The number of carbonyl (C=O) groups excluding carboxylic acids is 1. The van der Waals surface area contributed by atoms with E-state index < -0.39 is 0 Å². The van der Waals surface area contributed by atoms with Crippen molar-refractivity contribution in [3.63, 3.8) is 0 Å². The second-order valence-electron chi connectivity index (χ2n) is 2.60. The Morgan fingerprint density at radius 2 is 2.38 bits per heavy atom. The molecule has 2 N–H and O–H groups in total. The van der Waals surface area contributed by atoms with Gasteiger partial charge in [0.25, 0.3) is 0 Å². The first-order valence-electron chi connectivity index (χ1n) is 3.59. The number of hydrogen-bond donors (Lipinski definition) is 1. The highest BCUT2D eigenvalue weighted by Crippen LogP contribution is 2.23. The molecule has 0 bridgehead atoms. The molecule has 0 unspecified atom stereocenters. The molecule has 0 aliphatic rings. The third-order valence-electron chi connectivity index (χ3n) is 1.85. The number of nitrogens with two attached hydrogens (primary N) is 1. The Hall–Kier alpha value is -1.36. The van der Waals surface area contributed by atoms with Gasteiger partial charge in [-0.25, -0.2) is 4.98 Å². The molecule has 0 saturated carbocycles. The van der Waals surface area contributed by atoms with Crippen LogP contribution in [0.3, 0.4) is 0 Å². The van der Waals surface area contributed by atoms with E-state index in [2.05, 4.69) is 20.9 Å². The van der Waals surface area contributed by atoms with Crippen LogP contribution in [0.1, 0.15) is 10.4 Å². The number of nitrogens with zero attached hydrogens (tertiary/aromatic N) is 2. The fourth-order valence-electron chi connectivity index (χ4n) is 1.18. The van der Waals surface area contributed by atoms with Crippen LogP contribution in [0, 0.1) is 0 Å². The number of fused-ring (bicyclic) bond motifs is 1. The Kier molecular flexibility index (Phi) is 1.81. The minimum atomic E-state index is 0.408. The van der Waals surface area contributed by atoms with Crippen LogP contribution in [0.2, 0.25) is 0 Å². The first-order chi connectivity index (χ1) is 6.24. The lowest BCUT2D eigenvalue weighted by Crippen LogP contribution is -2.01. The van der Waals surface area contributed by atoms with E-state index in [1.807, 2.05) is 0 Å². The van der Waals surface area contributed by atoms with Gasteiger partial charge in [-0.15, -0.1) is 0 Å². The van der Waals surface area contributed by atoms with Gasteiger partial charge in [0.2, 0.25) is 0 Å². The lowest BCUT2D eigenvalue weighted by molar-refractivity contribution is 0.112. The Balaban J connectivity index is 2.93. The van der Waals surface area contributed by atoms with Gasteiger partial charge < -0.3 is 5.73 Å². The number of pyridine rings is 1. The van der Waals surface area contributed by atoms with Gasteiger partial charge in [0.1, 0.15) is 12.1 Å². The van der Waals surface area contributed by atoms with Crippen molar-refractivity contribution in [2.45, 2.75) is 0 Å². The first-order valence-corrected chi connectivity index (χ1v) is 4.38. The van der Waals surface area contributed by atoms with E-state index in [4.69, 9.17) is 5.73 Å². The Bertz CT molecular complexity index is 477. The minimum absolute atomic E-state index is 0.408. The number of aromatic nitrogens is 2. The van der Waals surface area contributed by atoms with Gasteiger partial charge in [0, 0.05) is 4.47 Å². The van der Waals surface area contributed by atoms with Gasteiger partial charge in [0.15, 0.2) is 6.29 Å². The quantitative estimate of drug-likeness (QED) is 0.768. The maximum atomic E-state index is 10.6. The molecule has 66 valence electrons. The Labute approximate surface area is 82.5 Å². The van der Waals surface area contributed by atoms with Gasteiger partial charge in [-0.3, -0.25) is 9.20 Å². The average molecular weight is 240 g/mol. The molecule has 0 atom stereocenters. The molecule has 0 saturated heterocycles. The van der Waals surface area contributed by atoms with Crippen LogP contribution in [-0.2, 0) is 0 Å². The summed E-state index contributed by atoms with van der Waals surface area (Å²) < 4.78 is 2.47. The predicted octanol–water partition coefficient (Wildman–Crippen LogP) is 1.49. The maximum absolute atomic E-state index is 10.6. The molecule has 0 amide bonds. The van der Waals surface area contributed by atoms with Gasteiger partial charge in [-0.2, -0.15) is 0 Å². The largest absolute Gasteiger partial charge is 0.384 e. The van der Waals surface area contributed by atoms with E-state index >= 15 is 0 Å². The molecule has 0 aliphatic heterocycles. The van der Waals surface area contributed by atoms with Gasteiger partial charge in [-0.05, 0) is 22.0 Å². The van der Waals surface area contributed by atoms with Crippen LogP contribution >= 0.6 is 15.9 Å². The topological polar surface area (TPSA) is 60.4 Å². The maximum Gasteiger partial charge on any atom is 0.153 e. The van der Waals surface area contributed by atoms with Crippen molar-refractivity contribution in [2.24, 2.45) is 0 Å². The molecular weight excluding hydrogens is 234 g/mol. The summed E-state index contributed by atoms with van der Waals surface area (Å²) in [5.41, 5.74) is 7.02. The lowest BCUT2D eigenvalue weighted by Gasteiger charge is -2.04. The summed E-state index contributed by atoms with van der Waals surface area (Å²) in [6.45, 7) is 0. The number of carbonyl (C=O) groups is 1. The van der Waals surface area contributed by atoms with Crippen LogP contribution in [0.15, 0.2) is 23.1 Å². The molecule has 13 heavy (non-hydrogen) atoms. The fraction of sp³-hybridized carbons (Fsp3) is 0.